The molecule has 4 aromatic carbocycles. The molecular formula is C30H24N2O6S. The maximum Gasteiger partial charge on any atom is 0.336 e. The number of carboxylic acid groups (broad SMARTS) is 2. The maximum atomic E-state index is 13.5. The number of hydrogen-bond donors (Lipinski definition) is 3. The molecule has 0 saturated heterocycles. The largest absolute Gasteiger partial charge is 0.478 e. The topological polar surface area (TPSA) is 124 Å². The van der Waals surface area contributed by atoms with Crippen molar-refractivity contribution in [2.24, 2.45) is 0 Å². The number of thioether (sulfide) groups is 1. The molecule has 196 valence electrons. The van der Waals surface area contributed by atoms with Gasteiger partial charge in [-0.2, -0.15) is 0 Å². The Morgan fingerprint density at radius 1 is 0.718 bits per heavy atom. The molecular weight excluding hydrogens is 516 g/mol. The Morgan fingerprint density at radius 3 is 1.79 bits per heavy atom. The van der Waals surface area contributed by atoms with Crippen LogP contribution in [0.15, 0.2) is 108 Å². The molecule has 39 heavy (non-hydrogen) atoms. The van der Waals surface area contributed by atoms with Gasteiger partial charge in [0.1, 0.15) is 0 Å². The van der Waals surface area contributed by atoms with Gasteiger partial charge in [0, 0.05) is 22.0 Å². The Balaban J connectivity index is 1.47. The summed E-state index contributed by atoms with van der Waals surface area (Å²) in [7, 11) is 0. The molecule has 0 aliphatic carbocycles. The number of aromatic carboxylic acids is 2. The highest BCUT2D eigenvalue weighted by atomic mass is 32.2. The van der Waals surface area contributed by atoms with Gasteiger partial charge in [-0.3, -0.25) is 14.5 Å². The number of para-hydroxylation sites is 2. The number of amides is 2. The molecule has 0 aliphatic heterocycles. The first-order chi connectivity index (χ1) is 18.7. The number of nitrogens with one attached hydrogen (secondary N) is 1. The highest BCUT2D eigenvalue weighted by Crippen LogP contribution is 2.31. The van der Waals surface area contributed by atoms with Gasteiger partial charge in [-0.15, -0.1) is 11.8 Å². The lowest BCUT2D eigenvalue weighted by Gasteiger charge is -2.26. The molecule has 1 unspecified atom stereocenters. The third-order valence-corrected chi connectivity index (χ3v) is 6.86. The molecule has 9 heteroatoms. The average molecular weight is 541 g/mol. The zero-order chi connectivity index (χ0) is 27.9. The van der Waals surface area contributed by atoms with E-state index in [0.717, 1.165) is 22.3 Å². The highest BCUT2D eigenvalue weighted by molar-refractivity contribution is 8.00. The van der Waals surface area contributed by atoms with E-state index in [1.165, 1.54) is 23.9 Å². The minimum absolute atomic E-state index is 0.0965. The van der Waals surface area contributed by atoms with Crippen molar-refractivity contribution >= 4 is 52.6 Å². The summed E-state index contributed by atoms with van der Waals surface area (Å²) >= 11 is 1.37. The summed E-state index contributed by atoms with van der Waals surface area (Å²) in [5.41, 5.74) is 1.14. The SMILES string of the molecule is CC(Sc1ccc(NC(=O)c2ccc(C(=O)O)cc2C(=O)O)cc1)C(=O)N(c1ccccc1)c1ccccc1. The number of benzene rings is 4. The van der Waals surface area contributed by atoms with Crippen LogP contribution in [0.25, 0.3) is 0 Å². The zero-order valence-electron chi connectivity index (χ0n) is 20.8. The van der Waals surface area contributed by atoms with Crippen molar-refractivity contribution in [1.82, 2.24) is 0 Å². The van der Waals surface area contributed by atoms with E-state index in [2.05, 4.69) is 5.32 Å². The Morgan fingerprint density at radius 2 is 1.28 bits per heavy atom. The van der Waals surface area contributed by atoms with Gasteiger partial charge in [0.15, 0.2) is 0 Å². The van der Waals surface area contributed by atoms with Crippen molar-refractivity contribution in [3.63, 3.8) is 0 Å². The third-order valence-electron chi connectivity index (χ3n) is 5.76. The van der Waals surface area contributed by atoms with Crippen molar-refractivity contribution in [3.8, 4) is 0 Å². The second kappa shape index (κ2) is 12.1. The fourth-order valence-electron chi connectivity index (χ4n) is 3.86. The summed E-state index contributed by atoms with van der Waals surface area (Å²) in [6.07, 6.45) is 0. The van der Waals surface area contributed by atoms with Gasteiger partial charge >= 0.3 is 11.9 Å². The summed E-state index contributed by atoms with van der Waals surface area (Å²) in [5.74, 6) is -3.48. The number of nitrogens with zero attached hydrogens (tertiary/aromatic N) is 1. The fraction of sp³-hybridized carbons (Fsp3) is 0.0667. The Kier molecular flexibility index (Phi) is 8.43. The van der Waals surface area contributed by atoms with Crippen LogP contribution in [0.4, 0.5) is 17.1 Å². The lowest BCUT2D eigenvalue weighted by atomic mass is 10.0. The first-order valence-corrected chi connectivity index (χ1v) is 12.8. The highest BCUT2D eigenvalue weighted by Gasteiger charge is 2.24. The lowest BCUT2D eigenvalue weighted by Crippen LogP contribution is -2.32. The molecule has 8 nitrogen and oxygen atoms in total. The molecule has 0 aromatic heterocycles. The van der Waals surface area contributed by atoms with Crippen molar-refractivity contribution in [2.45, 2.75) is 17.1 Å². The minimum atomic E-state index is -1.41. The fourth-order valence-corrected chi connectivity index (χ4v) is 4.77. The molecule has 0 fully saturated rings. The van der Waals surface area contributed by atoms with E-state index in [1.54, 1.807) is 29.2 Å². The molecule has 0 heterocycles. The van der Waals surface area contributed by atoms with E-state index >= 15 is 0 Å². The van der Waals surface area contributed by atoms with Crippen LogP contribution in [-0.2, 0) is 4.79 Å². The summed E-state index contributed by atoms with van der Waals surface area (Å²) < 4.78 is 0. The van der Waals surface area contributed by atoms with Gasteiger partial charge in [-0.25, -0.2) is 9.59 Å². The van der Waals surface area contributed by atoms with Gasteiger partial charge in [-0.05, 0) is 73.7 Å². The van der Waals surface area contributed by atoms with Crippen molar-refractivity contribution in [3.05, 3.63) is 120 Å². The lowest BCUT2D eigenvalue weighted by molar-refractivity contribution is -0.117. The normalized spacial score (nSPS) is 11.3. The van der Waals surface area contributed by atoms with E-state index in [-0.39, 0.29) is 17.0 Å². The summed E-state index contributed by atoms with van der Waals surface area (Å²) in [4.78, 5) is 51.5. The van der Waals surface area contributed by atoms with E-state index in [0.29, 0.717) is 5.69 Å². The van der Waals surface area contributed by atoms with Crippen LogP contribution in [0.5, 0.6) is 0 Å². The molecule has 2 amide bonds. The predicted octanol–water partition coefficient (Wildman–Crippen LogP) is 6.18. The molecule has 4 aromatic rings. The Labute approximate surface area is 228 Å². The van der Waals surface area contributed by atoms with Crippen LogP contribution in [0.2, 0.25) is 0 Å². The summed E-state index contributed by atoms with van der Waals surface area (Å²) in [6.45, 7) is 1.83. The smallest absolute Gasteiger partial charge is 0.336 e. The summed E-state index contributed by atoms with van der Waals surface area (Å²) in [6, 6.07) is 28.9. The van der Waals surface area contributed by atoms with Gasteiger partial charge in [0.25, 0.3) is 5.91 Å². The standard InChI is InChI=1S/C30H24N2O6S/c1-19(28(34)32(22-8-4-2-5-9-22)23-10-6-3-7-11-23)39-24-15-13-21(14-16-24)31-27(33)25-17-12-20(29(35)36)18-26(25)30(37)38/h2-19H,1H3,(H,31,33)(H,35,36)(H,37,38). The Hall–Kier alpha value is -4.89. The van der Waals surface area contributed by atoms with Gasteiger partial charge in [0.05, 0.1) is 21.9 Å². The molecule has 0 bridgehead atoms. The molecule has 0 aliphatic rings. The molecule has 3 N–H and O–H groups in total. The van der Waals surface area contributed by atoms with Gasteiger partial charge in [-0.1, -0.05) is 36.4 Å². The molecule has 4 rings (SSSR count). The molecule has 1 atom stereocenters. The van der Waals surface area contributed by atoms with Crippen LogP contribution in [0.3, 0.4) is 0 Å². The summed E-state index contributed by atoms with van der Waals surface area (Å²) in [5, 5.41) is 20.7. The van der Waals surface area contributed by atoms with E-state index in [1.807, 2.05) is 67.6 Å². The monoisotopic (exact) mass is 540 g/mol. The number of rotatable bonds is 9. The van der Waals surface area contributed by atoms with Crippen LogP contribution in [0, 0.1) is 0 Å². The number of anilines is 3. The van der Waals surface area contributed by atoms with E-state index in [9.17, 15) is 24.3 Å². The van der Waals surface area contributed by atoms with Crippen molar-refractivity contribution in [2.75, 3.05) is 10.2 Å². The average Bonchev–Trinajstić information content (AvgIpc) is 2.95. The van der Waals surface area contributed by atoms with Gasteiger partial charge < -0.3 is 15.5 Å². The number of carbonyl (C=O) groups is 4. The van der Waals surface area contributed by atoms with Crippen LogP contribution in [-0.4, -0.2) is 39.2 Å². The van der Waals surface area contributed by atoms with Crippen LogP contribution in [0.1, 0.15) is 38.0 Å². The molecule has 0 radical (unpaired) electrons. The molecule has 0 saturated carbocycles. The van der Waals surface area contributed by atoms with Crippen LogP contribution < -0.4 is 10.2 Å². The van der Waals surface area contributed by atoms with Gasteiger partial charge in [0.2, 0.25) is 5.91 Å². The molecule has 0 spiro atoms. The van der Waals surface area contributed by atoms with E-state index in [4.69, 9.17) is 5.11 Å². The van der Waals surface area contributed by atoms with Crippen LogP contribution >= 0.6 is 11.8 Å². The Bertz CT molecular complexity index is 1470. The predicted molar refractivity (Wildman–Crippen MR) is 150 cm³/mol. The number of carboxylic acids is 2. The zero-order valence-corrected chi connectivity index (χ0v) is 21.6. The quantitative estimate of drug-likeness (QED) is 0.217. The number of carbonyl (C=O) groups excluding carboxylic acids is 2. The van der Waals surface area contributed by atoms with Crippen molar-refractivity contribution < 1.29 is 29.4 Å². The van der Waals surface area contributed by atoms with E-state index < -0.39 is 28.7 Å². The van der Waals surface area contributed by atoms with Crippen molar-refractivity contribution in [1.29, 1.82) is 0 Å². The second-order valence-corrected chi connectivity index (χ2v) is 9.87. The minimum Gasteiger partial charge on any atom is -0.478 e. The second-order valence-electron chi connectivity index (χ2n) is 8.45. The number of hydrogen-bond acceptors (Lipinski definition) is 5. The maximum absolute atomic E-state index is 13.5. The first kappa shape index (κ1) is 27.2. The third kappa shape index (κ3) is 6.52. The first-order valence-electron chi connectivity index (χ1n) is 11.9.